The number of rotatable bonds is 1. The van der Waals surface area contributed by atoms with E-state index in [4.69, 9.17) is 0 Å². The Hall–Kier alpha value is -1.32. The van der Waals surface area contributed by atoms with E-state index in [0.29, 0.717) is 17.5 Å². The lowest BCUT2D eigenvalue weighted by Crippen LogP contribution is -2.44. The average Bonchev–Trinajstić information content (AvgIpc) is 2.74. The number of likely N-dealkylation sites (tertiary alicyclic amines) is 1. The summed E-state index contributed by atoms with van der Waals surface area (Å²) < 4.78 is 0. The molecule has 0 aromatic carbocycles. The fourth-order valence-electron chi connectivity index (χ4n) is 2.11. The maximum atomic E-state index is 12.1. The number of nitrogens with one attached hydrogen (secondary N) is 1. The molecule has 1 aromatic heterocycles. The molecule has 2 rings (SSSR count). The molecule has 0 saturated carbocycles. The Labute approximate surface area is 89.7 Å². The Morgan fingerprint density at radius 1 is 1.53 bits per heavy atom. The van der Waals surface area contributed by atoms with Crippen molar-refractivity contribution >= 4 is 5.91 Å². The molecular formula is C11H17N3O. The number of aromatic nitrogens is 2. The maximum Gasteiger partial charge on any atom is 0.257 e. The molecule has 2 unspecified atom stereocenters. The zero-order chi connectivity index (χ0) is 10.8. The van der Waals surface area contributed by atoms with E-state index in [9.17, 15) is 4.79 Å². The van der Waals surface area contributed by atoms with Gasteiger partial charge in [0.1, 0.15) is 0 Å². The highest BCUT2D eigenvalue weighted by atomic mass is 16.2. The topological polar surface area (TPSA) is 49.0 Å². The normalized spacial score (nSPS) is 26.7. The standard InChI is InChI=1S/C11H17N3O/c1-8-3-4-9(2)14(7-8)11(15)10-5-12-13-6-10/h5-6,8-9H,3-4,7H2,1-2H3,(H,12,13). The van der Waals surface area contributed by atoms with Crippen LogP contribution >= 0.6 is 0 Å². The highest BCUT2D eigenvalue weighted by Crippen LogP contribution is 2.22. The monoisotopic (exact) mass is 207 g/mol. The zero-order valence-electron chi connectivity index (χ0n) is 9.23. The number of amides is 1. The molecule has 4 nitrogen and oxygen atoms in total. The van der Waals surface area contributed by atoms with Gasteiger partial charge in [0.05, 0.1) is 11.8 Å². The minimum Gasteiger partial charge on any atom is -0.336 e. The number of hydrogen-bond donors (Lipinski definition) is 1. The van der Waals surface area contributed by atoms with Crippen molar-refractivity contribution in [2.75, 3.05) is 6.54 Å². The molecule has 1 N–H and O–H groups in total. The van der Waals surface area contributed by atoms with E-state index >= 15 is 0 Å². The number of H-pyrrole nitrogens is 1. The SMILES string of the molecule is CC1CCC(C)N(C(=O)c2cn[nH]c2)C1. The van der Waals surface area contributed by atoms with E-state index in [2.05, 4.69) is 24.0 Å². The third-order valence-electron chi connectivity index (χ3n) is 3.12. The van der Waals surface area contributed by atoms with E-state index in [1.54, 1.807) is 12.4 Å². The van der Waals surface area contributed by atoms with Crippen LogP contribution in [0.4, 0.5) is 0 Å². The van der Waals surface area contributed by atoms with Crippen LogP contribution in [0.5, 0.6) is 0 Å². The van der Waals surface area contributed by atoms with Crippen molar-refractivity contribution in [3.63, 3.8) is 0 Å². The van der Waals surface area contributed by atoms with Gasteiger partial charge < -0.3 is 4.90 Å². The fraction of sp³-hybridized carbons (Fsp3) is 0.636. The molecule has 1 aromatic rings. The van der Waals surface area contributed by atoms with Crippen molar-refractivity contribution in [1.29, 1.82) is 0 Å². The molecule has 1 saturated heterocycles. The molecule has 0 spiro atoms. The average molecular weight is 207 g/mol. The molecule has 1 aliphatic heterocycles. The van der Waals surface area contributed by atoms with Gasteiger partial charge >= 0.3 is 0 Å². The summed E-state index contributed by atoms with van der Waals surface area (Å²) in [5, 5.41) is 6.49. The van der Waals surface area contributed by atoms with Gasteiger partial charge in [-0.2, -0.15) is 5.10 Å². The second kappa shape index (κ2) is 4.04. The minimum absolute atomic E-state index is 0.0998. The second-order valence-corrected chi connectivity index (χ2v) is 4.48. The third-order valence-corrected chi connectivity index (χ3v) is 3.12. The zero-order valence-corrected chi connectivity index (χ0v) is 9.23. The maximum absolute atomic E-state index is 12.1. The first kappa shape index (κ1) is 10.2. The van der Waals surface area contributed by atoms with E-state index in [-0.39, 0.29) is 5.91 Å². The van der Waals surface area contributed by atoms with Crippen molar-refractivity contribution in [2.24, 2.45) is 5.92 Å². The summed E-state index contributed by atoms with van der Waals surface area (Å²) in [6.07, 6.45) is 5.57. The second-order valence-electron chi connectivity index (χ2n) is 4.48. The van der Waals surface area contributed by atoms with Crippen LogP contribution in [-0.2, 0) is 0 Å². The van der Waals surface area contributed by atoms with E-state index in [1.807, 2.05) is 4.90 Å². The van der Waals surface area contributed by atoms with Crippen LogP contribution in [-0.4, -0.2) is 33.6 Å². The quantitative estimate of drug-likeness (QED) is 0.761. The molecule has 2 heterocycles. The lowest BCUT2D eigenvalue weighted by atomic mass is 9.94. The molecule has 4 heteroatoms. The van der Waals surface area contributed by atoms with Gasteiger partial charge in [-0.15, -0.1) is 0 Å². The summed E-state index contributed by atoms with van der Waals surface area (Å²) in [5.41, 5.74) is 0.663. The third kappa shape index (κ3) is 2.03. The van der Waals surface area contributed by atoms with E-state index < -0.39 is 0 Å². The first-order valence-corrected chi connectivity index (χ1v) is 5.48. The van der Waals surface area contributed by atoms with Gasteiger partial charge in [-0.1, -0.05) is 6.92 Å². The molecule has 1 fully saturated rings. The molecule has 1 aliphatic rings. The summed E-state index contributed by atoms with van der Waals surface area (Å²) >= 11 is 0. The van der Waals surface area contributed by atoms with Crippen LogP contribution in [0.25, 0.3) is 0 Å². The van der Waals surface area contributed by atoms with Crippen LogP contribution in [0.3, 0.4) is 0 Å². The summed E-state index contributed by atoms with van der Waals surface area (Å²) in [4.78, 5) is 14.0. The minimum atomic E-state index is 0.0998. The molecule has 2 atom stereocenters. The van der Waals surface area contributed by atoms with Crippen LogP contribution in [0, 0.1) is 5.92 Å². The molecule has 82 valence electrons. The highest BCUT2D eigenvalue weighted by molar-refractivity contribution is 5.93. The number of aromatic amines is 1. The smallest absolute Gasteiger partial charge is 0.257 e. The van der Waals surface area contributed by atoms with Crippen LogP contribution < -0.4 is 0 Å². The Morgan fingerprint density at radius 3 is 3.00 bits per heavy atom. The van der Waals surface area contributed by atoms with Gasteiger partial charge in [-0.25, -0.2) is 0 Å². The van der Waals surface area contributed by atoms with Crippen molar-refractivity contribution < 1.29 is 4.79 Å². The summed E-state index contributed by atoms with van der Waals surface area (Å²) in [6, 6.07) is 0.351. The van der Waals surface area contributed by atoms with Crippen LogP contribution in [0.2, 0.25) is 0 Å². The molecule has 0 bridgehead atoms. The Bertz CT molecular complexity index is 334. The van der Waals surface area contributed by atoms with Crippen LogP contribution in [0.1, 0.15) is 37.0 Å². The molecule has 0 radical (unpaired) electrons. The van der Waals surface area contributed by atoms with Crippen molar-refractivity contribution in [1.82, 2.24) is 15.1 Å². The van der Waals surface area contributed by atoms with Gasteiger partial charge in [0, 0.05) is 18.8 Å². The van der Waals surface area contributed by atoms with Crippen molar-refractivity contribution in [2.45, 2.75) is 32.7 Å². The van der Waals surface area contributed by atoms with E-state index in [1.165, 1.54) is 6.42 Å². The van der Waals surface area contributed by atoms with Gasteiger partial charge in [0.2, 0.25) is 0 Å². The Kier molecular flexibility index (Phi) is 2.75. The number of carbonyl (C=O) groups excluding carboxylic acids is 1. The first-order valence-electron chi connectivity index (χ1n) is 5.48. The molecule has 15 heavy (non-hydrogen) atoms. The predicted molar refractivity (Wildman–Crippen MR) is 57.5 cm³/mol. The molecule has 0 aliphatic carbocycles. The lowest BCUT2D eigenvalue weighted by Gasteiger charge is -2.36. The Morgan fingerprint density at radius 2 is 2.33 bits per heavy atom. The van der Waals surface area contributed by atoms with Gasteiger partial charge in [0.25, 0.3) is 5.91 Å². The summed E-state index contributed by atoms with van der Waals surface area (Å²) in [7, 11) is 0. The van der Waals surface area contributed by atoms with Crippen molar-refractivity contribution in [3.05, 3.63) is 18.0 Å². The van der Waals surface area contributed by atoms with Gasteiger partial charge in [-0.3, -0.25) is 9.89 Å². The predicted octanol–water partition coefficient (Wildman–Crippen LogP) is 1.67. The molecule has 1 amide bonds. The van der Waals surface area contributed by atoms with Gasteiger partial charge in [0.15, 0.2) is 0 Å². The van der Waals surface area contributed by atoms with Gasteiger partial charge in [-0.05, 0) is 25.7 Å². The molecular weight excluding hydrogens is 190 g/mol. The summed E-state index contributed by atoms with van der Waals surface area (Å²) in [5.74, 6) is 0.708. The largest absolute Gasteiger partial charge is 0.336 e. The van der Waals surface area contributed by atoms with Crippen LogP contribution in [0.15, 0.2) is 12.4 Å². The lowest BCUT2D eigenvalue weighted by molar-refractivity contribution is 0.0574. The fourth-order valence-corrected chi connectivity index (χ4v) is 2.11. The number of carbonyl (C=O) groups is 1. The first-order chi connectivity index (χ1) is 7.18. The Balaban J connectivity index is 2.12. The number of piperidine rings is 1. The number of nitrogens with zero attached hydrogens (tertiary/aromatic N) is 2. The van der Waals surface area contributed by atoms with E-state index in [0.717, 1.165) is 13.0 Å². The summed E-state index contributed by atoms with van der Waals surface area (Å²) in [6.45, 7) is 5.18. The number of hydrogen-bond acceptors (Lipinski definition) is 2. The van der Waals surface area contributed by atoms with Crippen molar-refractivity contribution in [3.8, 4) is 0 Å². The highest BCUT2D eigenvalue weighted by Gasteiger charge is 2.27.